The average Bonchev–Trinajstić information content (AvgIpc) is 3.12. The number of alkyl halides is 3. The molecule has 1 aliphatic rings. The third-order valence-corrected chi connectivity index (χ3v) is 5.53. The van der Waals surface area contributed by atoms with Crippen molar-refractivity contribution in [3.63, 3.8) is 0 Å². The molecule has 4 rings (SSSR count). The minimum Gasteiger partial charge on any atom is -0.341 e. The number of fused-ring (bicyclic) bond motifs is 1. The summed E-state index contributed by atoms with van der Waals surface area (Å²) in [6, 6.07) is 6.80. The lowest BCUT2D eigenvalue weighted by Gasteiger charge is -2.36. The van der Waals surface area contributed by atoms with Gasteiger partial charge in [-0.1, -0.05) is 11.6 Å². The number of amides is 2. The average molecular weight is 453 g/mol. The second kappa shape index (κ2) is 8.35. The van der Waals surface area contributed by atoms with Gasteiger partial charge < -0.3 is 15.6 Å². The third kappa shape index (κ3) is 4.91. The molecule has 11 heteroatoms. The Morgan fingerprint density at radius 2 is 2.10 bits per heavy atom. The van der Waals surface area contributed by atoms with E-state index in [1.807, 2.05) is 19.2 Å². The fourth-order valence-corrected chi connectivity index (χ4v) is 3.85. The Morgan fingerprint density at radius 1 is 1.29 bits per heavy atom. The molecule has 1 aromatic carbocycles. The molecule has 3 N–H and O–H groups in total. The van der Waals surface area contributed by atoms with Crippen molar-refractivity contribution >= 4 is 34.4 Å². The molecule has 2 aromatic heterocycles. The van der Waals surface area contributed by atoms with Gasteiger partial charge in [-0.2, -0.15) is 13.2 Å². The summed E-state index contributed by atoms with van der Waals surface area (Å²) in [7, 11) is 2.00. The smallest absolute Gasteiger partial charge is 0.341 e. The van der Waals surface area contributed by atoms with Crippen molar-refractivity contribution < 1.29 is 18.0 Å². The number of hydrogen-bond donors (Lipinski definition) is 3. The SMILES string of the molecule is CN1CCC(NC(=O)Nc2ccc(C(F)(F)F)nc2)CC1c1nc2ccc(Cl)cc2[nH]1. The van der Waals surface area contributed by atoms with E-state index in [9.17, 15) is 18.0 Å². The predicted octanol–water partition coefficient (Wildman–Crippen LogP) is 4.59. The quantitative estimate of drug-likeness (QED) is 0.542. The number of piperidine rings is 1. The van der Waals surface area contributed by atoms with Gasteiger partial charge in [0, 0.05) is 17.6 Å². The number of rotatable bonds is 3. The number of imidazole rings is 1. The minimum absolute atomic E-state index is 0.0297. The van der Waals surface area contributed by atoms with Gasteiger partial charge in [-0.25, -0.2) is 14.8 Å². The van der Waals surface area contributed by atoms with Gasteiger partial charge in [0.05, 0.1) is 29.0 Å². The zero-order valence-corrected chi connectivity index (χ0v) is 17.3. The first kappa shape index (κ1) is 21.4. The van der Waals surface area contributed by atoms with E-state index < -0.39 is 17.9 Å². The number of hydrogen-bond acceptors (Lipinski definition) is 4. The number of nitrogens with zero attached hydrogens (tertiary/aromatic N) is 3. The molecule has 0 spiro atoms. The zero-order chi connectivity index (χ0) is 22.2. The van der Waals surface area contributed by atoms with Crippen LogP contribution < -0.4 is 10.6 Å². The molecule has 0 bridgehead atoms. The van der Waals surface area contributed by atoms with Crippen LogP contribution in [-0.4, -0.2) is 45.5 Å². The molecular formula is C20H20ClF3N6O. The second-order valence-corrected chi connectivity index (χ2v) is 7.97. The highest BCUT2D eigenvalue weighted by Gasteiger charge is 2.32. The van der Waals surface area contributed by atoms with Gasteiger partial charge in [-0.05, 0) is 50.2 Å². The monoisotopic (exact) mass is 452 g/mol. The van der Waals surface area contributed by atoms with Crippen molar-refractivity contribution in [1.82, 2.24) is 25.2 Å². The number of urea groups is 1. The highest BCUT2D eigenvalue weighted by molar-refractivity contribution is 6.31. The van der Waals surface area contributed by atoms with E-state index in [2.05, 4.69) is 30.5 Å². The summed E-state index contributed by atoms with van der Waals surface area (Å²) >= 11 is 6.05. The first-order valence-electron chi connectivity index (χ1n) is 9.65. The number of likely N-dealkylation sites (tertiary alicyclic amines) is 1. The zero-order valence-electron chi connectivity index (χ0n) is 16.5. The number of aromatic amines is 1. The molecule has 1 saturated heterocycles. The maximum Gasteiger partial charge on any atom is 0.433 e. The summed E-state index contributed by atoms with van der Waals surface area (Å²) in [4.78, 5) is 25.8. The molecule has 0 aliphatic carbocycles. The molecule has 1 fully saturated rings. The van der Waals surface area contributed by atoms with Crippen LogP contribution in [0.2, 0.25) is 5.02 Å². The number of H-pyrrole nitrogens is 1. The Kier molecular flexibility index (Phi) is 5.76. The lowest BCUT2D eigenvalue weighted by Crippen LogP contribution is -2.46. The molecular weight excluding hydrogens is 433 g/mol. The Labute approximate surface area is 181 Å². The number of carbonyl (C=O) groups excluding carboxylic acids is 1. The highest BCUT2D eigenvalue weighted by Crippen LogP contribution is 2.30. The maximum absolute atomic E-state index is 12.6. The van der Waals surface area contributed by atoms with E-state index in [0.29, 0.717) is 11.4 Å². The van der Waals surface area contributed by atoms with Gasteiger partial charge in [-0.3, -0.25) is 4.90 Å². The van der Waals surface area contributed by atoms with Crippen molar-refractivity contribution in [2.45, 2.75) is 31.1 Å². The normalized spacial score (nSPS) is 20.0. The molecule has 164 valence electrons. The molecule has 7 nitrogen and oxygen atoms in total. The standard InChI is InChI=1S/C20H20ClF3N6O/c1-30-7-6-12(9-16(30)18-28-14-4-2-11(21)8-15(14)29-18)26-19(31)27-13-3-5-17(25-10-13)20(22,23)24/h2-5,8,10,12,16H,6-7,9H2,1H3,(H,28,29)(H2,26,27,31). The lowest BCUT2D eigenvalue weighted by molar-refractivity contribution is -0.141. The van der Waals surface area contributed by atoms with Crippen LogP contribution in [0.25, 0.3) is 11.0 Å². The highest BCUT2D eigenvalue weighted by atomic mass is 35.5. The minimum atomic E-state index is -4.52. The van der Waals surface area contributed by atoms with Gasteiger partial charge in [-0.15, -0.1) is 0 Å². The van der Waals surface area contributed by atoms with Gasteiger partial charge in [0.25, 0.3) is 0 Å². The van der Waals surface area contributed by atoms with Crippen molar-refractivity contribution in [1.29, 1.82) is 0 Å². The number of aromatic nitrogens is 3. The number of anilines is 1. The van der Waals surface area contributed by atoms with Gasteiger partial charge >= 0.3 is 12.2 Å². The Hall–Kier alpha value is -2.85. The van der Waals surface area contributed by atoms with Gasteiger partial charge in [0.2, 0.25) is 0 Å². The number of benzene rings is 1. The number of nitrogens with one attached hydrogen (secondary N) is 3. The first-order valence-corrected chi connectivity index (χ1v) is 10.0. The summed E-state index contributed by atoms with van der Waals surface area (Å²) in [6.45, 7) is 0.745. The Bertz CT molecular complexity index is 1080. The van der Waals surface area contributed by atoms with Crippen LogP contribution in [0.4, 0.5) is 23.7 Å². The molecule has 0 saturated carbocycles. The van der Waals surface area contributed by atoms with E-state index in [4.69, 9.17) is 11.6 Å². The largest absolute Gasteiger partial charge is 0.433 e. The summed E-state index contributed by atoms with van der Waals surface area (Å²) in [5, 5.41) is 6.03. The van der Waals surface area contributed by atoms with E-state index in [-0.39, 0.29) is 17.8 Å². The van der Waals surface area contributed by atoms with E-state index in [1.165, 1.54) is 6.07 Å². The second-order valence-electron chi connectivity index (χ2n) is 7.53. The Balaban J connectivity index is 1.40. The van der Waals surface area contributed by atoms with Gasteiger partial charge in [0.1, 0.15) is 11.5 Å². The summed E-state index contributed by atoms with van der Waals surface area (Å²) in [5.41, 5.74) is 0.835. The van der Waals surface area contributed by atoms with Crippen molar-refractivity contribution in [2.24, 2.45) is 0 Å². The number of halogens is 4. The fraction of sp³-hybridized carbons (Fsp3) is 0.350. The third-order valence-electron chi connectivity index (χ3n) is 5.29. The van der Waals surface area contributed by atoms with Crippen LogP contribution in [0, 0.1) is 0 Å². The Morgan fingerprint density at radius 3 is 2.81 bits per heavy atom. The van der Waals surface area contributed by atoms with Crippen molar-refractivity contribution in [3.8, 4) is 0 Å². The van der Waals surface area contributed by atoms with Crippen LogP contribution >= 0.6 is 11.6 Å². The number of carbonyl (C=O) groups is 1. The van der Waals surface area contributed by atoms with Crippen LogP contribution in [0.15, 0.2) is 36.5 Å². The molecule has 3 aromatic rings. The topological polar surface area (TPSA) is 85.9 Å². The van der Waals surface area contributed by atoms with Gasteiger partial charge in [0.15, 0.2) is 0 Å². The van der Waals surface area contributed by atoms with Crippen LogP contribution in [0.5, 0.6) is 0 Å². The summed E-state index contributed by atoms with van der Waals surface area (Å²) < 4.78 is 37.8. The lowest BCUT2D eigenvalue weighted by atomic mass is 9.97. The van der Waals surface area contributed by atoms with Crippen molar-refractivity contribution in [3.05, 3.63) is 53.1 Å². The molecule has 31 heavy (non-hydrogen) atoms. The van der Waals surface area contributed by atoms with Crippen LogP contribution in [-0.2, 0) is 6.18 Å². The summed E-state index contributed by atoms with van der Waals surface area (Å²) in [5.74, 6) is 0.790. The molecule has 2 amide bonds. The van der Waals surface area contributed by atoms with Crippen molar-refractivity contribution in [2.75, 3.05) is 18.9 Å². The summed E-state index contributed by atoms with van der Waals surface area (Å²) in [6.07, 6.45) is -2.17. The maximum atomic E-state index is 12.6. The predicted molar refractivity (Wildman–Crippen MR) is 111 cm³/mol. The van der Waals surface area contributed by atoms with E-state index in [1.54, 1.807) is 6.07 Å². The molecule has 1 aliphatic heterocycles. The molecule has 3 heterocycles. The molecule has 2 unspecified atom stereocenters. The van der Waals surface area contributed by atoms with Crippen LogP contribution in [0.1, 0.15) is 30.4 Å². The first-order chi connectivity index (χ1) is 14.7. The van der Waals surface area contributed by atoms with Crippen LogP contribution in [0.3, 0.4) is 0 Å². The molecule has 2 atom stereocenters. The van der Waals surface area contributed by atoms with E-state index in [0.717, 1.165) is 42.1 Å². The molecule has 0 radical (unpaired) electrons. The fourth-order valence-electron chi connectivity index (χ4n) is 3.68. The van der Waals surface area contributed by atoms with E-state index >= 15 is 0 Å². The number of pyridine rings is 1.